The molecule has 0 fully saturated rings. The lowest BCUT2D eigenvalue weighted by molar-refractivity contribution is -0.112. The Labute approximate surface area is 108 Å². The van der Waals surface area contributed by atoms with Crippen molar-refractivity contribution in [3.05, 3.63) is 34.3 Å². The van der Waals surface area contributed by atoms with Gasteiger partial charge < -0.3 is 10.6 Å². The molecule has 1 amide bonds. The molecule has 1 atom stereocenters. The van der Waals surface area contributed by atoms with E-state index in [2.05, 4.69) is 21.1 Å². The molecule has 0 bridgehead atoms. The van der Waals surface area contributed by atoms with Gasteiger partial charge in [0, 0.05) is 4.47 Å². The van der Waals surface area contributed by atoms with Gasteiger partial charge in [-0.05, 0) is 31.5 Å². The number of hydrogen-bond donors (Lipinski definition) is 1. The van der Waals surface area contributed by atoms with Crippen molar-refractivity contribution in [1.29, 1.82) is 0 Å². The molecule has 90 valence electrons. The SMILES string of the molecule is CC1(C)ON=C(C(N)=O)C1c1ccc(Br)cc1. The maximum absolute atomic E-state index is 11.3. The van der Waals surface area contributed by atoms with Gasteiger partial charge in [0.25, 0.3) is 5.91 Å². The number of primary amides is 1. The minimum atomic E-state index is -0.557. The monoisotopic (exact) mass is 296 g/mol. The number of halogens is 1. The largest absolute Gasteiger partial charge is 0.388 e. The Bertz CT molecular complexity index is 480. The number of nitrogens with two attached hydrogens (primary N) is 1. The number of oxime groups is 1. The lowest BCUT2D eigenvalue weighted by Crippen LogP contribution is -2.36. The van der Waals surface area contributed by atoms with Gasteiger partial charge in [-0.1, -0.05) is 33.2 Å². The molecule has 2 rings (SSSR count). The van der Waals surface area contributed by atoms with Crippen molar-refractivity contribution in [2.45, 2.75) is 25.4 Å². The summed E-state index contributed by atoms with van der Waals surface area (Å²) in [6.07, 6.45) is 0. The van der Waals surface area contributed by atoms with E-state index in [4.69, 9.17) is 10.6 Å². The Morgan fingerprint density at radius 2 is 2.00 bits per heavy atom. The highest BCUT2D eigenvalue weighted by molar-refractivity contribution is 9.10. The van der Waals surface area contributed by atoms with Crippen LogP contribution >= 0.6 is 15.9 Å². The van der Waals surface area contributed by atoms with E-state index in [1.807, 2.05) is 38.1 Å². The molecule has 1 aromatic rings. The molecular formula is C12H13BrN2O2. The molecule has 1 heterocycles. The van der Waals surface area contributed by atoms with Gasteiger partial charge in [0.05, 0.1) is 5.92 Å². The van der Waals surface area contributed by atoms with E-state index in [-0.39, 0.29) is 11.6 Å². The number of amides is 1. The second-order valence-electron chi connectivity index (χ2n) is 4.52. The van der Waals surface area contributed by atoms with Crippen LogP contribution in [0.2, 0.25) is 0 Å². The predicted molar refractivity (Wildman–Crippen MR) is 68.7 cm³/mol. The third-order valence-corrected chi connectivity index (χ3v) is 3.33. The molecule has 0 radical (unpaired) electrons. The molecule has 0 saturated carbocycles. The topological polar surface area (TPSA) is 64.7 Å². The Hall–Kier alpha value is -1.36. The highest BCUT2D eigenvalue weighted by Crippen LogP contribution is 2.37. The van der Waals surface area contributed by atoms with E-state index in [0.717, 1.165) is 10.0 Å². The van der Waals surface area contributed by atoms with Gasteiger partial charge in [-0.15, -0.1) is 0 Å². The molecule has 1 aliphatic rings. The molecule has 0 saturated heterocycles. The fourth-order valence-electron chi connectivity index (χ4n) is 2.00. The minimum Gasteiger partial charge on any atom is -0.388 e. The lowest BCUT2D eigenvalue weighted by Gasteiger charge is -2.24. The van der Waals surface area contributed by atoms with Gasteiger partial charge in [0.15, 0.2) is 5.71 Å². The van der Waals surface area contributed by atoms with Gasteiger partial charge in [-0.2, -0.15) is 0 Å². The van der Waals surface area contributed by atoms with E-state index >= 15 is 0 Å². The Balaban J connectivity index is 2.43. The molecule has 0 aromatic heterocycles. The van der Waals surface area contributed by atoms with Crippen molar-refractivity contribution in [2.75, 3.05) is 0 Å². The normalized spacial score (nSPS) is 21.8. The van der Waals surface area contributed by atoms with E-state index in [0.29, 0.717) is 0 Å². The Kier molecular flexibility index (Phi) is 2.95. The molecule has 1 aliphatic heterocycles. The van der Waals surface area contributed by atoms with Crippen LogP contribution in [0.5, 0.6) is 0 Å². The van der Waals surface area contributed by atoms with Crippen LogP contribution in [-0.2, 0) is 9.63 Å². The highest BCUT2D eigenvalue weighted by Gasteiger charge is 2.44. The number of carbonyl (C=O) groups excluding carboxylic acids is 1. The summed E-state index contributed by atoms with van der Waals surface area (Å²) in [5.41, 5.74) is 6.00. The second kappa shape index (κ2) is 4.14. The van der Waals surface area contributed by atoms with Crippen LogP contribution in [0.3, 0.4) is 0 Å². The second-order valence-corrected chi connectivity index (χ2v) is 5.44. The maximum Gasteiger partial charge on any atom is 0.267 e. The fraction of sp³-hybridized carbons (Fsp3) is 0.333. The van der Waals surface area contributed by atoms with Crippen LogP contribution in [0, 0.1) is 0 Å². The summed E-state index contributed by atoms with van der Waals surface area (Å²) in [4.78, 5) is 16.6. The van der Waals surface area contributed by atoms with Crippen LogP contribution in [0.15, 0.2) is 33.9 Å². The molecule has 0 spiro atoms. The molecule has 5 heteroatoms. The molecular weight excluding hydrogens is 284 g/mol. The predicted octanol–water partition coefficient (Wildman–Crippen LogP) is 2.18. The van der Waals surface area contributed by atoms with Crippen LogP contribution in [0.1, 0.15) is 25.3 Å². The van der Waals surface area contributed by atoms with Crippen LogP contribution in [0.25, 0.3) is 0 Å². The summed E-state index contributed by atoms with van der Waals surface area (Å²) in [5, 5.41) is 3.80. The highest BCUT2D eigenvalue weighted by atomic mass is 79.9. The number of nitrogens with zero attached hydrogens (tertiary/aromatic N) is 1. The first kappa shape index (κ1) is 12.1. The van der Waals surface area contributed by atoms with Gasteiger partial charge in [0.1, 0.15) is 5.60 Å². The summed E-state index contributed by atoms with van der Waals surface area (Å²) >= 11 is 3.37. The van der Waals surface area contributed by atoms with Crippen molar-refractivity contribution in [2.24, 2.45) is 10.9 Å². The molecule has 1 unspecified atom stereocenters. The minimum absolute atomic E-state index is 0.229. The van der Waals surface area contributed by atoms with Crippen molar-refractivity contribution in [3.8, 4) is 0 Å². The molecule has 17 heavy (non-hydrogen) atoms. The van der Waals surface area contributed by atoms with Gasteiger partial charge >= 0.3 is 0 Å². The molecule has 2 N–H and O–H groups in total. The van der Waals surface area contributed by atoms with Crippen molar-refractivity contribution < 1.29 is 9.63 Å². The zero-order valence-corrected chi connectivity index (χ0v) is 11.2. The summed E-state index contributed by atoms with van der Waals surface area (Å²) < 4.78 is 0.982. The third kappa shape index (κ3) is 2.20. The van der Waals surface area contributed by atoms with Crippen molar-refractivity contribution >= 4 is 27.5 Å². The van der Waals surface area contributed by atoms with E-state index in [1.54, 1.807) is 0 Å². The summed E-state index contributed by atoms with van der Waals surface area (Å²) in [5.74, 6) is -0.767. The average molecular weight is 297 g/mol. The zero-order chi connectivity index (χ0) is 12.6. The standard InChI is InChI=1S/C12H13BrN2O2/c1-12(2)9(10(11(14)16)15-17-12)7-3-5-8(13)6-4-7/h3-6,9H,1-2H3,(H2,14,16). The molecule has 0 aliphatic carbocycles. The van der Waals surface area contributed by atoms with Crippen molar-refractivity contribution in [3.63, 3.8) is 0 Å². The summed E-state index contributed by atoms with van der Waals surface area (Å²) in [7, 11) is 0. The maximum atomic E-state index is 11.3. The molecule has 1 aromatic carbocycles. The third-order valence-electron chi connectivity index (χ3n) is 2.80. The van der Waals surface area contributed by atoms with Crippen LogP contribution in [0.4, 0.5) is 0 Å². The lowest BCUT2D eigenvalue weighted by atomic mass is 9.81. The van der Waals surface area contributed by atoms with E-state index < -0.39 is 11.5 Å². The smallest absolute Gasteiger partial charge is 0.267 e. The first-order valence-electron chi connectivity index (χ1n) is 5.23. The number of carbonyl (C=O) groups is 1. The fourth-order valence-corrected chi connectivity index (χ4v) is 2.27. The van der Waals surface area contributed by atoms with Gasteiger partial charge in [-0.3, -0.25) is 4.79 Å². The van der Waals surface area contributed by atoms with E-state index in [9.17, 15) is 4.79 Å². The average Bonchev–Trinajstić information content (AvgIpc) is 2.56. The Morgan fingerprint density at radius 1 is 1.41 bits per heavy atom. The van der Waals surface area contributed by atoms with Gasteiger partial charge in [-0.25, -0.2) is 0 Å². The zero-order valence-electron chi connectivity index (χ0n) is 9.61. The Morgan fingerprint density at radius 3 is 2.53 bits per heavy atom. The van der Waals surface area contributed by atoms with Crippen molar-refractivity contribution in [1.82, 2.24) is 0 Å². The number of hydrogen-bond acceptors (Lipinski definition) is 3. The number of rotatable bonds is 2. The molecule has 4 nitrogen and oxygen atoms in total. The van der Waals surface area contributed by atoms with Gasteiger partial charge in [0.2, 0.25) is 0 Å². The first-order valence-corrected chi connectivity index (χ1v) is 6.02. The van der Waals surface area contributed by atoms with Crippen LogP contribution < -0.4 is 5.73 Å². The summed E-state index contributed by atoms with van der Waals surface area (Å²) in [6.45, 7) is 3.78. The number of benzene rings is 1. The van der Waals surface area contributed by atoms with E-state index in [1.165, 1.54) is 0 Å². The van der Waals surface area contributed by atoms with Crippen LogP contribution in [-0.4, -0.2) is 17.2 Å². The quantitative estimate of drug-likeness (QED) is 0.909. The first-order chi connectivity index (χ1) is 7.92. The summed E-state index contributed by atoms with van der Waals surface area (Å²) in [6, 6.07) is 7.71.